The first-order chi connectivity index (χ1) is 15.6. The molecule has 3 heterocycles. The molecule has 0 atom stereocenters. The number of aromatic nitrogens is 1. The molecule has 0 bridgehead atoms. The minimum atomic E-state index is -0.164. The molecular formula is C26H23ClN2O3. The van der Waals surface area contributed by atoms with Crippen LogP contribution in [-0.4, -0.2) is 41.5 Å². The number of carbonyl (C=O) groups excluding carboxylic acids is 1. The number of hydrogen-bond acceptors (Lipinski definition) is 3. The van der Waals surface area contributed by atoms with Crippen molar-refractivity contribution in [3.05, 3.63) is 87.8 Å². The Kier molecular flexibility index (Phi) is 5.45. The number of carbonyl (C=O) groups is 1. The van der Waals surface area contributed by atoms with Gasteiger partial charge in [0.15, 0.2) is 0 Å². The van der Waals surface area contributed by atoms with Gasteiger partial charge in [0.25, 0.3) is 11.5 Å². The Hall–Kier alpha value is -3.15. The van der Waals surface area contributed by atoms with Crippen molar-refractivity contribution in [3.8, 4) is 11.1 Å². The van der Waals surface area contributed by atoms with Crippen molar-refractivity contribution in [3.63, 3.8) is 0 Å². The second-order valence-corrected chi connectivity index (χ2v) is 8.57. The molecule has 2 aromatic heterocycles. The maximum Gasteiger partial charge on any atom is 0.263 e. The molecule has 1 aliphatic heterocycles. The molecule has 0 unspecified atom stereocenters. The molecule has 4 aromatic rings. The van der Waals surface area contributed by atoms with Crippen LogP contribution in [0.25, 0.3) is 27.4 Å². The molecule has 0 aliphatic carbocycles. The number of nitrogens with zero attached hydrogens (tertiary/aromatic N) is 2. The summed E-state index contributed by atoms with van der Waals surface area (Å²) < 4.78 is 7.04. The molecule has 32 heavy (non-hydrogen) atoms. The summed E-state index contributed by atoms with van der Waals surface area (Å²) in [5.74, 6) is -0.0818. The zero-order valence-corrected chi connectivity index (χ0v) is 18.5. The summed E-state index contributed by atoms with van der Waals surface area (Å²) in [7, 11) is 1.71. The van der Waals surface area contributed by atoms with E-state index >= 15 is 0 Å². The van der Waals surface area contributed by atoms with Crippen LogP contribution >= 0.6 is 11.6 Å². The first kappa shape index (κ1) is 20.7. The van der Waals surface area contributed by atoms with Gasteiger partial charge in [0.05, 0.1) is 17.2 Å². The summed E-state index contributed by atoms with van der Waals surface area (Å²) >= 11 is 6.30. The van der Waals surface area contributed by atoms with Crippen molar-refractivity contribution in [1.29, 1.82) is 0 Å². The van der Waals surface area contributed by atoms with E-state index in [1.807, 2.05) is 59.5 Å². The summed E-state index contributed by atoms with van der Waals surface area (Å²) in [6, 6.07) is 18.6. The third-order valence-corrected chi connectivity index (χ3v) is 6.52. The third kappa shape index (κ3) is 3.57. The molecule has 162 valence electrons. The fraction of sp³-hybridized carbons (Fsp3) is 0.231. The number of halogens is 1. The van der Waals surface area contributed by atoms with Gasteiger partial charge in [-0.3, -0.25) is 14.0 Å². The van der Waals surface area contributed by atoms with Crippen LogP contribution in [0.1, 0.15) is 23.2 Å². The van der Waals surface area contributed by atoms with Crippen molar-refractivity contribution in [2.24, 2.45) is 0 Å². The van der Waals surface area contributed by atoms with E-state index in [2.05, 4.69) is 0 Å². The molecule has 1 saturated heterocycles. The highest BCUT2D eigenvalue weighted by Gasteiger charge is 2.26. The quantitative estimate of drug-likeness (QED) is 0.415. The number of likely N-dealkylation sites (tertiary alicyclic amines) is 1. The first-order valence-electron chi connectivity index (χ1n) is 10.7. The van der Waals surface area contributed by atoms with Crippen molar-refractivity contribution in [2.75, 3.05) is 20.2 Å². The third-order valence-electron chi connectivity index (χ3n) is 6.29. The Morgan fingerprint density at radius 3 is 2.50 bits per heavy atom. The lowest BCUT2D eigenvalue weighted by atomic mass is 9.99. The van der Waals surface area contributed by atoms with Gasteiger partial charge >= 0.3 is 0 Å². The zero-order valence-electron chi connectivity index (χ0n) is 17.8. The van der Waals surface area contributed by atoms with Gasteiger partial charge in [-0.1, -0.05) is 48.0 Å². The number of methoxy groups -OCH3 is 1. The summed E-state index contributed by atoms with van der Waals surface area (Å²) in [6.07, 6.45) is 3.51. The Morgan fingerprint density at radius 2 is 1.78 bits per heavy atom. The van der Waals surface area contributed by atoms with E-state index in [-0.39, 0.29) is 17.6 Å². The summed E-state index contributed by atoms with van der Waals surface area (Å²) in [5.41, 5.74) is 2.22. The Balaban J connectivity index is 1.77. The Bertz CT molecular complexity index is 1370. The van der Waals surface area contributed by atoms with Gasteiger partial charge in [-0.2, -0.15) is 0 Å². The maximum atomic E-state index is 13.8. The van der Waals surface area contributed by atoms with Gasteiger partial charge in [-0.15, -0.1) is 0 Å². The predicted octanol–water partition coefficient (Wildman–Crippen LogP) is 5.02. The molecule has 2 aromatic carbocycles. The lowest BCUT2D eigenvalue weighted by Gasteiger charge is -2.31. The second-order valence-electron chi connectivity index (χ2n) is 8.14. The summed E-state index contributed by atoms with van der Waals surface area (Å²) in [5, 5.41) is 2.27. The highest BCUT2D eigenvalue weighted by Crippen LogP contribution is 2.29. The standard InChI is InChI=1S/C26H23ClN2O3/c1-32-20-10-12-28(13-11-20)25(30)23-16-22(17-5-3-2-4-6-17)26(31)29-14-9-18-7-8-19(27)15-21(18)24(23)29/h2-9,14-16,20H,10-13H2,1H3. The number of ether oxygens (including phenoxy) is 1. The van der Waals surface area contributed by atoms with Gasteiger partial charge in [0.1, 0.15) is 0 Å². The van der Waals surface area contributed by atoms with E-state index in [0.29, 0.717) is 34.8 Å². The summed E-state index contributed by atoms with van der Waals surface area (Å²) in [4.78, 5) is 29.1. The van der Waals surface area contributed by atoms with Gasteiger partial charge < -0.3 is 9.64 Å². The van der Waals surface area contributed by atoms with Crippen LogP contribution in [0.15, 0.2) is 71.7 Å². The average molecular weight is 447 g/mol. The van der Waals surface area contributed by atoms with Gasteiger partial charge in [0.2, 0.25) is 0 Å². The van der Waals surface area contributed by atoms with Gasteiger partial charge in [0, 0.05) is 42.4 Å². The second kappa shape index (κ2) is 8.41. The average Bonchev–Trinajstić information content (AvgIpc) is 2.84. The van der Waals surface area contributed by atoms with Crippen LogP contribution in [0.2, 0.25) is 5.02 Å². The molecule has 0 radical (unpaired) electrons. The first-order valence-corrected chi connectivity index (χ1v) is 11.1. The number of pyridine rings is 2. The Morgan fingerprint density at radius 1 is 1.03 bits per heavy atom. The van der Waals surface area contributed by atoms with E-state index in [4.69, 9.17) is 16.3 Å². The molecule has 1 fully saturated rings. The van der Waals surface area contributed by atoms with E-state index < -0.39 is 0 Å². The van der Waals surface area contributed by atoms with Crippen LogP contribution in [0.3, 0.4) is 0 Å². The molecule has 5 rings (SSSR count). The molecule has 1 amide bonds. The lowest BCUT2D eigenvalue weighted by Crippen LogP contribution is -2.41. The monoisotopic (exact) mass is 446 g/mol. The zero-order chi connectivity index (χ0) is 22.2. The van der Waals surface area contributed by atoms with E-state index in [0.717, 1.165) is 29.2 Å². The normalized spacial score (nSPS) is 14.9. The van der Waals surface area contributed by atoms with Crippen LogP contribution in [-0.2, 0) is 4.74 Å². The van der Waals surface area contributed by atoms with E-state index in [9.17, 15) is 9.59 Å². The highest BCUT2D eigenvalue weighted by molar-refractivity contribution is 6.31. The van der Waals surface area contributed by atoms with Crippen LogP contribution in [0.4, 0.5) is 0 Å². The topological polar surface area (TPSA) is 51.0 Å². The molecule has 6 heteroatoms. The van der Waals surface area contributed by atoms with E-state index in [1.165, 1.54) is 0 Å². The fourth-order valence-electron chi connectivity index (χ4n) is 4.54. The minimum absolute atomic E-state index is 0.0818. The highest BCUT2D eigenvalue weighted by atomic mass is 35.5. The maximum absolute atomic E-state index is 13.8. The molecule has 5 nitrogen and oxygen atoms in total. The number of piperidine rings is 1. The molecular weight excluding hydrogens is 424 g/mol. The van der Waals surface area contributed by atoms with Crippen molar-refractivity contribution >= 4 is 33.8 Å². The van der Waals surface area contributed by atoms with Gasteiger partial charge in [-0.25, -0.2) is 0 Å². The largest absolute Gasteiger partial charge is 0.381 e. The molecule has 1 aliphatic rings. The van der Waals surface area contributed by atoms with Crippen molar-refractivity contribution < 1.29 is 9.53 Å². The SMILES string of the molecule is COC1CCN(C(=O)c2cc(-c3ccccc3)c(=O)n3ccc4ccc(Cl)cc4c23)CC1. The van der Waals surface area contributed by atoms with Crippen LogP contribution in [0.5, 0.6) is 0 Å². The number of hydrogen-bond donors (Lipinski definition) is 0. The van der Waals surface area contributed by atoms with Crippen molar-refractivity contribution in [2.45, 2.75) is 18.9 Å². The van der Waals surface area contributed by atoms with Gasteiger partial charge in [-0.05, 0) is 48.1 Å². The Labute approximate surface area is 190 Å². The van der Waals surface area contributed by atoms with Crippen molar-refractivity contribution in [1.82, 2.24) is 9.30 Å². The minimum Gasteiger partial charge on any atom is -0.381 e. The number of amides is 1. The lowest BCUT2D eigenvalue weighted by molar-refractivity contribution is 0.0351. The van der Waals surface area contributed by atoms with Crippen LogP contribution in [0, 0.1) is 0 Å². The van der Waals surface area contributed by atoms with E-state index in [1.54, 1.807) is 23.8 Å². The predicted molar refractivity (Wildman–Crippen MR) is 128 cm³/mol. The molecule has 0 spiro atoms. The fourth-order valence-corrected chi connectivity index (χ4v) is 4.71. The molecule has 0 N–H and O–H groups in total. The smallest absolute Gasteiger partial charge is 0.263 e. The van der Waals surface area contributed by atoms with Crippen LogP contribution < -0.4 is 5.56 Å². The summed E-state index contributed by atoms with van der Waals surface area (Å²) in [6.45, 7) is 1.24. The number of benzene rings is 2. The number of fused-ring (bicyclic) bond motifs is 3. The number of rotatable bonds is 3. The molecule has 0 saturated carbocycles.